The maximum atomic E-state index is 11.4. The number of fused-ring (bicyclic) bond motifs is 1. The second-order valence-electron chi connectivity index (χ2n) is 5.08. The van der Waals surface area contributed by atoms with Crippen molar-refractivity contribution in [2.45, 2.75) is 34.2 Å². The van der Waals surface area contributed by atoms with E-state index in [2.05, 4.69) is 10.1 Å². The average Bonchev–Trinajstić information content (AvgIpc) is 2.60. The Morgan fingerprint density at radius 1 is 1.25 bits per heavy atom. The summed E-state index contributed by atoms with van der Waals surface area (Å²) in [4.78, 5) is 26.6. The zero-order valence-corrected chi connectivity index (χ0v) is 14.9. The van der Waals surface area contributed by atoms with Gasteiger partial charge in [-0.15, -0.1) is 5.10 Å². The molecule has 2 aromatic rings. The van der Waals surface area contributed by atoms with Crippen molar-refractivity contribution in [1.82, 2.24) is 14.6 Å². The number of nitrogens with two attached hydrogens (primary N) is 1. The zero-order chi connectivity index (χ0) is 18.3. The Bertz CT molecular complexity index is 796. The molecule has 0 radical (unpaired) electrons. The number of hydrogen-bond acceptors (Lipinski definition) is 5. The van der Waals surface area contributed by atoms with Crippen LogP contribution in [0.1, 0.15) is 35.5 Å². The summed E-state index contributed by atoms with van der Waals surface area (Å²) in [5.41, 5.74) is 9.92. The molecule has 2 N–H and O–H groups in total. The number of carbonyl (C=O) groups is 2. The fourth-order valence-electron chi connectivity index (χ4n) is 2.24. The van der Waals surface area contributed by atoms with Gasteiger partial charge in [-0.2, -0.15) is 0 Å². The number of amides is 1. The highest BCUT2D eigenvalue weighted by molar-refractivity contribution is 5.81. The lowest BCUT2D eigenvalue weighted by Gasteiger charge is -2.14. The van der Waals surface area contributed by atoms with Gasteiger partial charge in [0.1, 0.15) is 5.69 Å². The number of rotatable bonds is 5. The fraction of sp³-hybridized carbons (Fsp3) is 0.412. The van der Waals surface area contributed by atoms with Crippen molar-refractivity contribution in [2.24, 2.45) is 10.8 Å². The molecule has 130 valence electrons. The van der Waals surface area contributed by atoms with Crippen LogP contribution >= 0.6 is 0 Å². The average molecular weight is 331 g/mol. The first-order valence-electron chi connectivity index (χ1n) is 7.91. The number of carbonyl (C=O) groups excluding carboxylic acids is 2. The number of aldehydes is 1. The molecule has 0 atom stereocenters. The van der Waals surface area contributed by atoms with Crippen LogP contribution in [0.25, 0.3) is 11.0 Å². The highest BCUT2D eigenvalue weighted by Crippen LogP contribution is 2.16. The van der Waals surface area contributed by atoms with E-state index in [-0.39, 0.29) is 5.69 Å². The van der Waals surface area contributed by atoms with Crippen LogP contribution in [-0.2, 0) is 11.3 Å². The molecule has 1 amide bonds. The molecule has 7 heteroatoms. The van der Waals surface area contributed by atoms with Crippen molar-refractivity contribution in [2.75, 3.05) is 13.6 Å². The number of aromatic nitrogens is 2. The summed E-state index contributed by atoms with van der Waals surface area (Å²) in [7, 11) is 1.50. The summed E-state index contributed by atoms with van der Waals surface area (Å²) in [5, 5.41) is 5.25. The summed E-state index contributed by atoms with van der Waals surface area (Å²) < 4.78 is 1.82. The Kier molecular flexibility index (Phi) is 7.26. The molecule has 7 nitrogen and oxygen atoms in total. The van der Waals surface area contributed by atoms with Crippen LogP contribution in [-0.4, -0.2) is 40.8 Å². The standard InChI is InChI=1S/C15H19N5O2.C2H6/c1-10-6-12-14(7-11(10)2)20(5-4-16)15(13(8-21)17-12)18-19(3)9-22;1-2/h6-9H,4-5,16H2,1-3H3;1-2H3/b18-15+;. The molecule has 0 saturated carbocycles. The van der Waals surface area contributed by atoms with Gasteiger partial charge in [0.25, 0.3) is 0 Å². The molecule has 0 spiro atoms. The minimum absolute atomic E-state index is 0.179. The number of nitrogens with zero attached hydrogens (tertiary/aromatic N) is 4. The van der Waals surface area contributed by atoms with Crippen molar-refractivity contribution in [3.63, 3.8) is 0 Å². The monoisotopic (exact) mass is 331 g/mol. The molecule has 0 fully saturated rings. The summed E-state index contributed by atoms with van der Waals surface area (Å²) >= 11 is 0. The summed E-state index contributed by atoms with van der Waals surface area (Å²) in [6.45, 7) is 8.84. The topological polar surface area (TPSA) is 93.6 Å². The molecule has 0 saturated heterocycles. The summed E-state index contributed by atoms with van der Waals surface area (Å²) in [6.07, 6.45) is 1.20. The Hall–Kier alpha value is -2.54. The van der Waals surface area contributed by atoms with Gasteiger partial charge >= 0.3 is 0 Å². The maximum Gasteiger partial charge on any atom is 0.229 e. The van der Waals surface area contributed by atoms with Crippen LogP contribution < -0.4 is 11.2 Å². The highest BCUT2D eigenvalue weighted by Gasteiger charge is 2.11. The van der Waals surface area contributed by atoms with E-state index in [1.54, 1.807) is 0 Å². The van der Waals surface area contributed by atoms with Crippen molar-refractivity contribution >= 4 is 23.7 Å². The number of hydrogen-bond donors (Lipinski definition) is 1. The number of aryl methyl sites for hydroxylation is 2. The lowest BCUT2D eigenvalue weighted by Crippen LogP contribution is -2.32. The van der Waals surface area contributed by atoms with Gasteiger partial charge in [-0.1, -0.05) is 13.8 Å². The van der Waals surface area contributed by atoms with Crippen molar-refractivity contribution < 1.29 is 9.59 Å². The van der Waals surface area contributed by atoms with Gasteiger partial charge in [0.15, 0.2) is 11.8 Å². The first kappa shape index (κ1) is 19.5. The van der Waals surface area contributed by atoms with Gasteiger partial charge < -0.3 is 10.3 Å². The van der Waals surface area contributed by atoms with Gasteiger partial charge in [0.2, 0.25) is 6.41 Å². The van der Waals surface area contributed by atoms with Crippen molar-refractivity contribution in [1.29, 1.82) is 0 Å². The minimum atomic E-state index is 0.179. The lowest BCUT2D eigenvalue weighted by molar-refractivity contribution is -0.117. The van der Waals surface area contributed by atoms with Gasteiger partial charge in [-0.05, 0) is 37.1 Å². The molecule has 24 heavy (non-hydrogen) atoms. The van der Waals surface area contributed by atoms with Crippen LogP contribution in [0.3, 0.4) is 0 Å². The SMILES string of the molecule is CC.Cc1cc2nc(C=O)/c(=N\N(C)C=O)n(CCN)c2cc1C. The van der Waals surface area contributed by atoms with Gasteiger partial charge in [0.05, 0.1) is 11.0 Å². The van der Waals surface area contributed by atoms with E-state index in [0.29, 0.717) is 36.8 Å². The van der Waals surface area contributed by atoms with E-state index >= 15 is 0 Å². The van der Waals surface area contributed by atoms with Gasteiger partial charge in [0, 0.05) is 20.1 Å². The fourth-order valence-corrected chi connectivity index (χ4v) is 2.24. The van der Waals surface area contributed by atoms with E-state index in [1.807, 2.05) is 44.4 Å². The molecule has 0 unspecified atom stereocenters. The molecule has 2 rings (SSSR count). The molecule has 1 aromatic heterocycles. The second kappa shape index (κ2) is 8.93. The third-order valence-corrected chi connectivity index (χ3v) is 3.48. The summed E-state index contributed by atoms with van der Waals surface area (Å²) in [6, 6.07) is 3.92. The normalized spacial score (nSPS) is 11.0. The quantitative estimate of drug-likeness (QED) is 0.661. The maximum absolute atomic E-state index is 11.4. The Morgan fingerprint density at radius 2 is 1.88 bits per heavy atom. The Labute approximate surface area is 141 Å². The highest BCUT2D eigenvalue weighted by atomic mass is 16.1. The third kappa shape index (κ3) is 4.05. The number of benzene rings is 1. The first-order valence-corrected chi connectivity index (χ1v) is 7.91. The lowest BCUT2D eigenvalue weighted by atomic mass is 10.1. The van der Waals surface area contributed by atoms with E-state index < -0.39 is 0 Å². The van der Waals surface area contributed by atoms with Crippen LogP contribution in [0.15, 0.2) is 17.2 Å². The third-order valence-electron chi connectivity index (χ3n) is 3.48. The Balaban J connectivity index is 0.00000139. The van der Waals surface area contributed by atoms with Crippen LogP contribution in [0.5, 0.6) is 0 Å². The molecule has 1 aromatic carbocycles. The zero-order valence-electron chi connectivity index (χ0n) is 14.9. The molecular weight excluding hydrogens is 306 g/mol. The van der Waals surface area contributed by atoms with Crippen molar-refractivity contribution in [3.05, 3.63) is 34.4 Å². The smallest absolute Gasteiger partial charge is 0.229 e. The van der Waals surface area contributed by atoms with Crippen LogP contribution in [0.4, 0.5) is 0 Å². The van der Waals surface area contributed by atoms with Gasteiger partial charge in [-0.25, -0.2) is 9.99 Å². The molecule has 0 aliphatic carbocycles. The summed E-state index contributed by atoms with van der Waals surface area (Å²) in [5.74, 6) is 0. The predicted molar refractivity (Wildman–Crippen MR) is 94.4 cm³/mol. The molecule has 0 aliphatic heterocycles. The predicted octanol–water partition coefficient (Wildman–Crippen LogP) is 1.35. The molecular formula is C17H25N5O2. The van der Waals surface area contributed by atoms with Crippen LogP contribution in [0.2, 0.25) is 0 Å². The molecule has 0 bridgehead atoms. The van der Waals surface area contributed by atoms with E-state index in [1.165, 1.54) is 7.05 Å². The van der Waals surface area contributed by atoms with Gasteiger partial charge in [-0.3, -0.25) is 9.59 Å². The molecule has 1 heterocycles. The van der Waals surface area contributed by atoms with E-state index in [0.717, 1.165) is 21.7 Å². The Morgan fingerprint density at radius 3 is 2.42 bits per heavy atom. The van der Waals surface area contributed by atoms with E-state index in [4.69, 9.17) is 5.73 Å². The van der Waals surface area contributed by atoms with Crippen molar-refractivity contribution in [3.8, 4) is 0 Å². The van der Waals surface area contributed by atoms with E-state index in [9.17, 15) is 9.59 Å². The van der Waals surface area contributed by atoms with Crippen LogP contribution in [0, 0.1) is 13.8 Å². The first-order chi connectivity index (χ1) is 11.5. The molecule has 0 aliphatic rings. The minimum Gasteiger partial charge on any atom is -0.329 e. The second-order valence-corrected chi connectivity index (χ2v) is 5.08. The largest absolute Gasteiger partial charge is 0.329 e.